The number of alkyl halides is 3. The summed E-state index contributed by atoms with van der Waals surface area (Å²) in [6.07, 6.45) is -5.86. The van der Waals surface area contributed by atoms with Crippen molar-refractivity contribution in [1.29, 1.82) is 0 Å². The molecule has 11 heavy (non-hydrogen) atoms. The summed E-state index contributed by atoms with van der Waals surface area (Å²) in [5, 5.41) is 2.69. The van der Waals surface area contributed by atoms with Crippen LogP contribution < -0.4 is 5.32 Å². The van der Waals surface area contributed by atoms with E-state index in [0.717, 1.165) is 0 Å². The van der Waals surface area contributed by atoms with Gasteiger partial charge in [0.25, 0.3) is 0 Å². The van der Waals surface area contributed by atoms with Gasteiger partial charge in [-0.1, -0.05) is 0 Å². The van der Waals surface area contributed by atoms with E-state index < -0.39 is 12.3 Å². The Morgan fingerprint density at radius 1 is 1.45 bits per heavy atom. The summed E-state index contributed by atoms with van der Waals surface area (Å²) >= 11 is 0. The number of rotatable bonds is 0. The molecule has 2 nitrogen and oxygen atoms in total. The molecule has 0 amide bonds. The average Bonchev–Trinajstić information content (AvgIpc) is 1.86. The van der Waals surface area contributed by atoms with Crippen LogP contribution in [0.4, 0.5) is 13.2 Å². The second kappa shape index (κ2) is 2.98. The molecule has 0 aromatic heterocycles. The van der Waals surface area contributed by atoms with Crippen molar-refractivity contribution in [3.63, 3.8) is 0 Å². The Morgan fingerprint density at radius 3 is 2.45 bits per heavy atom. The Hall–Kier alpha value is -0.290. The summed E-state index contributed by atoms with van der Waals surface area (Å²) in [6, 6.07) is 0.0219. The molecule has 0 aromatic rings. The van der Waals surface area contributed by atoms with Crippen LogP contribution >= 0.6 is 0 Å². The van der Waals surface area contributed by atoms with Crippen LogP contribution in [-0.4, -0.2) is 31.5 Å². The van der Waals surface area contributed by atoms with Crippen LogP contribution in [0, 0.1) is 0 Å². The summed E-state index contributed by atoms with van der Waals surface area (Å²) in [6.45, 7) is 1.78. The van der Waals surface area contributed by atoms with E-state index in [1.165, 1.54) is 0 Å². The maximum atomic E-state index is 11.9. The number of nitrogens with one attached hydrogen (secondary N) is 1. The number of morpholine rings is 1. The molecular formula is C6H10F3NO. The number of hydrogen-bond donors (Lipinski definition) is 1. The van der Waals surface area contributed by atoms with Crippen molar-refractivity contribution in [3.8, 4) is 0 Å². The Labute approximate surface area is 62.7 Å². The molecule has 2 atom stereocenters. The van der Waals surface area contributed by atoms with Gasteiger partial charge < -0.3 is 10.1 Å². The first kappa shape index (κ1) is 8.80. The Morgan fingerprint density at radius 2 is 2.09 bits per heavy atom. The van der Waals surface area contributed by atoms with Gasteiger partial charge >= 0.3 is 6.18 Å². The zero-order valence-corrected chi connectivity index (χ0v) is 6.11. The van der Waals surface area contributed by atoms with Gasteiger partial charge in [0.05, 0.1) is 6.61 Å². The lowest BCUT2D eigenvalue weighted by atomic mass is 10.2. The van der Waals surface area contributed by atoms with E-state index >= 15 is 0 Å². The zero-order chi connectivity index (χ0) is 8.48. The number of ether oxygens (including phenoxy) is 1. The van der Waals surface area contributed by atoms with Crippen molar-refractivity contribution >= 4 is 0 Å². The van der Waals surface area contributed by atoms with Crippen LogP contribution in [0.15, 0.2) is 0 Å². The first-order chi connectivity index (χ1) is 5.00. The average molecular weight is 169 g/mol. The molecule has 1 heterocycles. The minimum atomic E-state index is -4.23. The van der Waals surface area contributed by atoms with E-state index in [9.17, 15) is 13.2 Å². The molecule has 2 unspecified atom stereocenters. The molecule has 0 saturated carbocycles. The van der Waals surface area contributed by atoms with Crippen LogP contribution in [0.2, 0.25) is 0 Å². The monoisotopic (exact) mass is 169 g/mol. The Bertz CT molecular complexity index is 128. The van der Waals surface area contributed by atoms with Gasteiger partial charge in [-0.25, -0.2) is 0 Å². The maximum Gasteiger partial charge on any atom is 0.415 e. The van der Waals surface area contributed by atoms with Gasteiger partial charge in [-0.3, -0.25) is 0 Å². The molecule has 1 rings (SSSR count). The van der Waals surface area contributed by atoms with E-state index in [1.54, 1.807) is 6.92 Å². The fraction of sp³-hybridized carbons (Fsp3) is 1.00. The lowest BCUT2D eigenvalue weighted by Gasteiger charge is -2.29. The molecule has 1 aliphatic heterocycles. The fourth-order valence-electron chi connectivity index (χ4n) is 0.897. The topological polar surface area (TPSA) is 21.3 Å². The van der Waals surface area contributed by atoms with Gasteiger partial charge in [-0.15, -0.1) is 0 Å². The summed E-state index contributed by atoms with van der Waals surface area (Å²) in [5.41, 5.74) is 0. The van der Waals surface area contributed by atoms with Crippen LogP contribution in [-0.2, 0) is 4.74 Å². The Kier molecular flexibility index (Phi) is 2.39. The van der Waals surface area contributed by atoms with Crippen molar-refractivity contribution in [2.75, 3.05) is 13.2 Å². The standard InChI is InChI=1S/C6H10F3NO/c1-4-3-11-5(2-10-4)6(7,8)9/h4-5,10H,2-3H2,1H3. The minimum absolute atomic E-state index is 0.0219. The lowest BCUT2D eigenvalue weighted by Crippen LogP contribution is -2.50. The molecule has 0 aromatic carbocycles. The molecule has 0 spiro atoms. The van der Waals surface area contributed by atoms with Crippen molar-refractivity contribution in [3.05, 3.63) is 0 Å². The summed E-state index contributed by atoms with van der Waals surface area (Å²) in [4.78, 5) is 0. The van der Waals surface area contributed by atoms with Crippen molar-refractivity contribution in [1.82, 2.24) is 5.32 Å². The second-order valence-electron chi connectivity index (χ2n) is 2.67. The summed E-state index contributed by atoms with van der Waals surface area (Å²) in [5.74, 6) is 0. The third-order valence-corrected chi connectivity index (χ3v) is 1.56. The molecule has 1 fully saturated rings. The van der Waals surface area contributed by atoms with Crippen LogP contribution in [0.1, 0.15) is 6.92 Å². The normalized spacial score (nSPS) is 33.8. The summed E-state index contributed by atoms with van der Waals surface area (Å²) in [7, 11) is 0. The van der Waals surface area contributed by atoms with Crippen LogP contribution in [0.5, 0.6) is 0 Å². The highest BCUT2D eigenvalue weighted by molar-refractivity contribution is 4.77. The molecular weight excluding hydrogens is 159 g/mol. The molecule has 0 bridgehead atoms. The zero-order valence-electron chi connectivity index (χ0n) is 6.11. The molecule has 1 N–H and O–H groups in total. The highest BCUT2D eigenvalue weighted by Crippen LogP contribution is 2.23. The largest absolute Gasteiger partial charge is 0.415 e. The fourth-order valence-corrected chi connectivity index (χ4v) is 0.897. The van der Waals surface area contributed by atoms with Crippen molar-refractivity contribution in [2.24, 2.45) is 0 Å². The maximum absolute atomic E-state index is 11.9. The molecule has 1 saturated heterocycles. The SMILES string of the molecule is CC1COC(C(F)(F)F)CN1. The third-order valence-electron chi connectivity index (χ3n) is 1.56. The third kappa shape index (κ3) is 2.34. The second-order valence-corrected chi connectivity index (χ2v) is 2.67. The smallest absolute Gasteiger partial charge is 0.366 e. The molecule has 5 heteroatoms. The van der Waals surface area contributed by atoms with E-state index in [-0.39, 0.29) is 19.2 Å². The van der Waals surface area contributed by atoms with Gasteiger partial charge in [-0.2, -0.15) is 13.2 Å². The molecule has 66 valence electrons. The molecule has 0 radical (unpaired) electrons. The predicted molar refractivity (Wildman–Crippen MR) is 33.3 cm³/mol. The van der Waals surface area contributed by atoms with Crippen LogP contribution in [0.25, 0.3) is 0 Å². The molecule has 1 aliphatic rings. The van der Waals surface area contributed by atoms with Crippen molar-refractivity contribution in [2.45, 2.75) is 25.2 Å². The predicted octanol–water partition coefficient (Wildman–Crippen LogP) is 0.926. The highest BCUT2D eigenvalue weighted by atomic mass is 19.4. The van der Waals surface area contributed by atoms with E-state index in [4.69, 9.17) is 0 Å². The number of hydrogen-bond acceptors (Lipinski definition) is 2. The van der Waals surface area contributed by atoms with Gasteiger partial charge in [0.1, 0.15) is 0 Å². The van der Waals surface area contributed by atoms with E-state index in [0.29, 0.717) is 0 Å². The quantitative estimate of drug-likeness (QED) is 0.582. The first-order valence-electron chi connectivity index (χ1n) is 3.42. The Balaban J connectivity index is 2.39. The van der Waals surface area contributed by atoms with E-state index in [2.05, 4.69) is 10.1 Å². The van der Waals surface area contributed by atoms with Gasteiger partial charge in [0.15, 0.2) is 6.10 Å². The minimum Gasteiger partial charge on any atom is -0.366 e. The number of halogens is 3. The summed E-state index contributed by atoms with van der Waals surface area (Å²) < 4.78 is 40.3. The first-order valence-corrected chi connectivity index (χ1v) is 3.42. The van der Waals surface area contributed by atoms with E-state index in [1.807, 2.05) is 0 Å². The van der Waals surface area contributed by atoms with Gasteiger partial charge in [0.2, 0.25) is 0 Å². The highest BCUT2D eigenvalue weighted by Gasteiger charge is 2.42. The molecule has 0 aliphatic carbocycles. The lowest BCUT2D eigenvalue weighted by molar-refractivity contribution is -0.228. The van der Waals surface area contributed by atoms with Crippen molar-refractivity contribution < 1.29 is 17.9 Å². The van der Waals surface area contributed by atoms with Gasteiger partial charge in [0, 0.05) is 12.6 Å². The van der Waals surface area contributed by atoms with Gasteiger partial charge in [-0.05, 0) is 6.92 Å². The van der Waals surface area contributed by atoms with Crippen LogP contribution in [0.3, 0.4) is 0 Å².